The van der Waals surface area contributed by atoms with Crippen LogP contribution in [0.1, 0.15) is 111 Å². The molecule has 0 bridgehead atoms. The third-order valence-electron chi connectivity index (χ3n) is 14.1. The molecular weight excluding hydrogens is 1070 g/mol. The number of halogens is 2. The van der Waals surface area contributed by atoms with Gasteiger partial charge in [0.1, 0.15) is 30.0 Å². The van der Waals surface area contributed by atoms with Gasteiger partial charge in [0.25, 0.3) is 23.6 Å². The Labute approximate surface area is 456 Å². The SMILES string of the molecule is CC(C)(C)[C@H](NC(=O)c1cc2cc(C(F)(F)P(=O)(O)O)ccc2s1)C(=O)N1Cc2cc(OCC(=O)NCCCC#Cc3cccc4c3C(=O)N(C3CCC(=O)NC3=O)C4=O)ccc2C[C@H]1C(=O)N1CCOC(c2ccccc2)C1. The van der Waals surface area contributed by atoms with Crippen LogP contribution in [0, 0.1) is 17.3 Å². The third-order valence-corrected chi connectivity index (χ3v) is 16.2. The summed E-state index contributed by atoms with van der Waals surface area (Å²) in [5, 5.41) is 7.93. The second-order valence-corrected chi connectivity index (χ2v) is 23.3. The fraction of sp³-hybridized carbons (Fsp3) is 0.357. The molecule has 2 unspecified atom stereocenters. The lowest BCUT2D eigenvalue weighted by atomic mass is 9.84. The van der Waals surface area contributed by atoms with Crippen LogP contribution in [0.5, 0.6) is 5.75 Å². The minimum absolute atomic E-state index is 0.00595. The standard InChI is InChI=1S/C56H55F2N6O13PS/c1-55(2,3)48(61-50(68)44-28-35-25-37(17-20-43(35)79-44)56(57,58)78(73,74)75)54(72)63-29-36-26-38(18-16-34(36)27-41(63)52(70)62-23-24-76-42(30-62)32-11-6-4-7-12-32)77-31-46(66)59-22-9-5-8-13-33-14-10-15-39-47(33)53(71)64(51(39)69)40-19-21-45(65)60-49(40)67/h4,6-7,10-12,14-18,20,25-26,28,40-42,48H,5,9,19,21-24,27,29-31H2,1-3H3,(H,59,66)(H,61,68)(H,60,65,67)(H2,73,74,75)/t40?,41-,42?,48+/m0/s1. The number of hydrogen-bond acceptors (Lipinski definition) is 12. The number of morpholine rings is 1. The van der Waals surface area contributed by atoms with E-state index >= 15 is 4.79 Å². The smallest absolute Gasteiger partial charge is 0.399 e. The van der Waals surface area contributed by atoms with Gasteiger partial charge in [-0.15, -0.1) is 11.3 Å². The van der Waals surface area contributed by atoms with E-state index in [1.54, 1.807) is 56.0 Å². The van der Waals surface area contributed by atoms with Gasteiger partial charge in [-0.05, 0) is 82.8 Å². The molecule has 19 nitrogen and oxygen atoms in total. The van der Waals surface area contributed by atoms with Crippen molar-refractivity contribution in [1.82, 2.24) is 30.7 Å². The van der Waals surface area contributed by atoms with E-state index in [1.165, 1.54) is 23.1 Å². The molecule has 4 aromatic carbocycles. The van der Waals surface area contributed by atoms with Gasteiger partial charge < -0.3 is 39.7 Å². The van der Waals surface area contributed by atoms with Gasteiger partial charge in [0.05, 0.1) is 29.2 Å². The topological polar surface area (TPSA) is 258 Å². The third kappa shape index (κ3) is 11.9. The number of fused-ring (bicyclic) bond motifs is 3. The molecule has 4 atom stereocenters. The highest BCUT2D eigenvalue weighted by Gasteiger charge is 2.51. The number of nitrogens with one attached hydrogen (secondary N) is 3. The molecule has 79 heavy (non-hydrogen) atoms. The van der Waals surface area contributed by atoms with Gasteiger partial charge in [-0.2, -0.15) is 8.78 Å². The van der Waals surface area contributed by atoms with E-state index in [9.17, 15) is 56.7 Å². The van der Waals surface area contributed by atoms with Crippen molar-refractivity contribution in [3.05, 3.63) is 135 Å². The van der Waals surface area contributed by atoms with Crippen LogP contribution in [0.3, 0.4) is 0 Å². The van der Waals surface area contributed by atoms with E-state index in [0.29, 0.717) is 34.4 Å². The van der Waals surface area contributed by atoms with Gasteiger partial charge in [0.15, 0.2) is 6.61 Å². The van der Waals surface area contributed by atoms with E-state index in [-0.39, 0.29) is 86.0 Å². The second-order valence-electron chi connectivity index (χ2n) is 20.6. The van der Waals surface area contributed by atoms with Crippen molar-refractivity contribution in [2.45, 2.75) is 89.3 Å². The van der Waals surface area contributed by atoms with E-state index in [1.807, 2.05) is 30.3 Å². The number of alkyl halides is 2. The van der Waals surface area contributed by atoms with Crippen LogP contribution < -0.4 is 20.7 Å². The molecule has 5 heterocycles. The Bertz CT molecular complexity index is 3420. The van der Waals surface area contributed by atoms with Crippen LogP contribution in [0.4, 0.5) is 8.78 Å². The predicted molar refractivity (Wildman–Crippen MR) is 282 cm³/mol. The van der Waals surface area contributed by atoms with Gasteiger partial charge in [-0.1, -0.05) is 81.1 Å². The highest BCUT2D eigenvalue weighted by molar-refractivity contribution is 7.52. The van der Waals surface area contributed by atoms with Crippen molar-refractivity contribution in [3.8, 4) is 17.6 Å². The predicted octanol–water partition coefficient (Wildman–Crippen LogP) is 5.55. The molecule has 23 heteroatoms. The summed E-state index contributed by atoms with van der Waals surface area (Å²) in [6.45, 7) is 5.73. The minimum Gasteiger partial charge on any atom is -0.484 e. The fourth-order valence-electron chi connectivity index (χ4n) is 9.94. The van der Waals surface area contributed by atoms with Crippen LogP contribution in [0.25, 0.3) is 10.1 Å². The molecule has 4 aliphatic heterocycles. The van der Waals surface area contributed by atoms with Crippen molar-refractivity contribution in [1.29, 1.82) is 0 Å². The highest BCUT2D eigenvalue weighted by atomic mass is 32.1. The maximum Gasteiger partial charge on any atom is 0.399 e. The molecule has 1 aromatic heterocycles. The number of hydrogen-bond donors (Lipinski definition) is 5. The molecule has 0 spiro atoms. The summed E-state index contributed by atoms with van der Waals surface area (Å²) in [4.78, 5) is 130. The summed E-state index contributed by atoms with van der Waals surface area (Å²) >= 11 is 0.936. The number of piperidine rings is 1. The van der Waals surface area contributed by atoms with Crippen molar-refractivity contribution >= 4 is 76.3 Å². The maximum absolute atomic E-state index is 15.1. The lowest BCUT2D eigenvalue weighted by Crippen LogP contribution is -2.61. The zero-order chi connectivity index (χ0) is 56.6. The Balaban J connectivity index is 0.865. The number of amides is 8. The molecule has 2 fully saturated rings. The first-order chi connectivity index (χ1) is 37.5. The van der Waals surface area contributed by atoms with Gasteiger partial charge in [0.2, 0.25) is 23.6 Å². The van der Waals surface area contributed by atoms with E-state index < -0.39 is 89.8 Å². The highest BCUT2D eigenvalue weighted by Crippen LogP contribution is 2.59. The number of benzene rings is 4. The quantitative estimate of drug-likeness (QED) is 0.0396. The normalized spacial score (nSPS) is 19.0. The van der Waals surface area contributed by atoms with Crippen molar-refractivity contribution in [2.24, 2.45) is 5.41 Å². The van der Waals surface area contributed by atoms with Crippen LogP contribution >= 0.6 is 18.9 Å². The summed E-state index contributed by atoms with van der Waals surface area (Å²) in [6.07, 6.45) is 0.433. The van der Waals surface area contributed by atoms with Gasteiger partial charge in [0, 0.05) is 54.7 Å². The van der Waals surface area contributed by atoms with Gasteiger partial charge in [-0.3, -0.25) is 53.1 Å². The van der Waals surface area contributed by atoms with E-state index in [0.717, 1.165) is 39.5 Å². The summed E-state index contributed by atoms with van der Waals surface area (Å²) in [5.41, 5.74) is -3.59. The first-order valence-corrected chi connectivity index (χ1v) is 27.8. The first-order valence-electron chi connectivity index (χ1n) is 25.4. The number of rotatable bonds is 14. The molecule has 412 valence electrons. The number of carbonyl (C=O) groups excluding carboxylic acids is 8. The first kappa shape index (κ1) is 56.1. The van der Waals surface area contributed by atoms with Crippen molar-refractivity contribution in [3.63, 3.8) is 0 Å². The number of imide groups is 2. The zero-order valence-corrected chi connectivity index (χ0v) is 44.8. The Morgan fingerprint density at radius 3 is 2.46 bits per heavy atom. The lowest BCUT2D eigenvalue weighted by Gasteiger charge is -2.43. The average molecular weight is 1120 g/mol. The van der Waals surface area contributed by atoms with Crippen LogP contribution in [-0.4, -0.2) is 123 Å². The molecule has 2 saturated heterocycles. The Morgan fingerprint density at radius 1 is 0.949 bits per heavy atom. The van der Waals surface area contributed by atoms with E-state index in [2.05, 4.69) is 27.8 Å². The fourth-order valence-corrected chi connectivity index (χ4v) is 11.4. The summed E-state index contributed by atoms with van der Waals surface area (Å²) in [6, 6.07) is 20.2. The number of ether oxygens (including phenoxy) is 2. The number of thiophene rings is 1. The summed E-state index contributed by atoms with van der Waals surface area (Å²) < 4.78 is 53.3. The largest absolute Gasteiger partial charge is 0.484 e. The summed E-state index contributed by atoms with van der Waals surface area (Å²) in [5.74, 6) is 1.67. The molecule has 0 aliphatic carbocycles. The van der Waals surface area contributed by atoms with Crippen LogP contribution in [-0.2, 0) is 51.9 Å². The molecule has 5 N–H and O–H groups in total. The Kier molecular flexibility index (Phi) is 16.0. The van der Waals surface area contributed by atoms with Gasteiger partial charge >= 0.3 is 13.3 Å². The number of carbonyl (C=O) groups is 8. The molecule has 9 rings (SSSR count). The van der Waals surface area contributed by atoms with Crippen molar-refractivity contribution < 1.29 is 71.0 Å². The Morgan fingerprint density at radius 2 is 1.72 bits per heavy atom. The van der Waals surface area contributed by atoms with Crippen LogP contribution in [0.15, 0.2) is 91.0 Å². The van der Waals surface area contributed by atoms with Gasteiger partial charge in [-0.25, -0.2) is 0 Å². The minimum atomic E-state index is -5.87. The summed E-state index contributed by atoms with van der Waals surface area (Å²) in [7, 11) is -5.87. The number of unbranched alkanes of at least 4 members (excludes halogenated alkanes) is 1. The molecule has 4 aliphatic rings. The van der Waals surface area contributed by atoms with E-state index in [4.69, 9.17) is 9.47 Å². The van der Waals surface area contributed by atoms with Crippen molar-refractivity contribution in [2.75, 3.05) is 32.8 Å². The molecule has 8 amide bonds. The second kappa shape index (κ2) is 22.6. The Hall–Kier alpha value is -7.67. The maximum atomic E-state index is 15.1. The zero-order valence-electron chi connectivity index (χ0n) is 43.1. The van der Waals surface area contributed by atoms with Crippen LogP contribution in [0.2, 0.25) is 0 Å². The lowest BCUT2D eigenvalue weighted by molar-refractivity contribution is -0.153. The average Bonchev–Trinajstić information content (AvgIpc) is 4.22. The molecule has 5 aromatic rings. The molecule has 0 radical (unpaired) electrons. The number of nitrogens with zero attached hydrogens (tertiary/aromatic N) is 3. The molecular formula is C56H55F2N6O13PS. The monoisotopic (exact) mass is 1120 g/mol. The molecule has 0 saturated carbocycles.